The molecule has 3 nitrogen and oxygen atoms in total. The number of rotatable bonds is 4. The number of carbonyl (C=O) groups is 1. The second kappa shape index (κ2) is 5.78. The molecular formula is C13H25NO2. The van der Waals surface area contributed by atoms with Gasteiger partial charge < -0.3 is 4.74 Å². The van der Waals surface area contributed by atoms with Crippen LogP contribution in [0.1, 0.15) is 40.5 Å². The molecule has 94 valence electrons. The van der Waals surface area contributed by atoms with Crippen LogP contribution in [0.4, 0.5) is 0 Å². The minimum Gasteiger partial charge on any atom is -0.375 e. The van der Waals surface area contributed by atoms with Crippen molar-refractivity contribution in [3.05, 3.63) is 0 Å². The van der Waals surface area contributed by atoms with Crippen LogP contribution in [0.2, 0.25) is 0 Å². The molecule has 1 rings (SSSR count). The van der Waals surface area contributed by atoms with Crippen molar-refractivity contribution in [2.75, 3.05) is 26.2 Å². The summed E-state index contributed by atoms with van der Waals surface area (Å²) in [5, 5.41) is 0. The molecule has 1 heterocycles. The van der Waals surface area contributed by atoms with Crippen molar-refractivity contribution >= 4 is 5.78 Å². The average Bonchev–Trinajstić information content (AvgIpc) is 2.18. The second-order valence-electron chi connectivity index (χ2n) is 5.58. The highest BCUT2D eigenvalue weighted by atomic mass is 16.5. The fourth-order valence-electron chi connectivity index (χ4n) is 2.02. The van der Waals surface area contributed by atoms with Gasteiger partial charge in [0.05, 0.1) is 12.2 Å². The highest BCUT2D eigenvalue weighted by Crippen LogP contribution is 2.16. The molecule has 0 N–H and O–H groups in total. The van der Waals surface area contributed by atoms with Crippen molar-refractivity contribution in [2.45, 2.75) is 46.1 Å². The molecule has 3 heteroatoms. The lowest BCUT2D eigenvalue weighted by Gasteiger charge is -2.32. The summed E-state index contributed by atoms with van der Waals surface area (Å²) in [7, 11) is 0. The summed E-state index contributed by atoms with van der Waals surface area (Å²) < 4.78 is 5.70. The lowest BCUT2D eigenvalue weighted by atomic mass is 9.94. The molecule has 1 saturated heterocycles. The zero-order valence-electron chi connectivity index (χ0n) is 11.1. The van der Waals surface area contributed by atoms with E-state index in [4.69, 9.17) is 4.74 Å². The standard InChI is InChI=1S/C13H25NO2/c1-5-11-10-14(7-6-12(11)15)8-9-16-13(2,3)4/h11H,5-10H2,1-4H3. The lowest BCUT2D eigenvalue weighted by Crippen LogP contribution is -2.42. The van der Waals surface area contributed by atoms with E-state index in [1.807, 2.05) is 0 Å². The number of hydrogen-bond acceptors (Lipinski definition) is 3. The maximum absolute atomic E-state index is 11.5. The van der Waals surface area contributed by atoms with Gasteiger partial charge in [-0.1, -0.05) is 6.92 Å². The lowest BCUT2D eigenvalue weighted by molar-refractivity contribution is -0.126. The third-order valence-electron chi connectivity index (χ3n) is 3.04. The highest BCUT2D eigenvalue weighted by molar-refractivity contribution is 5.82. The first-order valence-corrected chi connectivity index (χ1v) is 6.31. The Labute approximate surface area is 99.1 Å². The van der Waals surface area contributed by atoms with E-state index in [9.17, 15) is 4.79 Å². The summed E-state index contributed by atoms with van der Waals surface area (Å²) in [6.07, 6.45) is 1.68. The first-order valence-electron chi connectivity index (χ1n) is 6.31. The predicted octanol–water partition coefficient (Wildman–Crippen LogP) is 2.10. The molecule has 0 aromatic rings. The fourth-order valence-corrected chi connectivity index (χ4v) is 2.02. The molecule has 0 radical (unpaired) electrons. The van der Waals surface area contributed by atoms with Gasteiger partial charge in [-0.25, -0.2) is 0 Å². The van der Waals surface area contributed by atoms with Crippen molar-refractivity contribution < 1.29 is 9.53 Å². The summed E-state index contributed by atoms with van der Waals surface area (Å²) in [5.41, 5.74) is -0.0598. The third kappa shape index (κ3) is 4.62. The Balaban J connectivity index is 2.26. The quantitative estimate of drug-likeness (QED) is 0.736. The topological polar surface area (TPSA) is 29.5 Å². The first-order chi connectivity index (χ1) is 7.42. The number of ether oxygens (including phenoxy) is 1. The number of piperidine rings is 1. The van der Waals surface area contributed by atoms with Gasteiger partial charge in [-0.3, -0.25) is 9.69 Å². The van der Waals surface area contributed by atoms with Gasteiger partial charge in [0.15, 0.2) is 0 Å². The first kappa shape index (κ1) is 13.7. The Morgan fingerprint density at radius 3 is 2.69 bits per heavy atom. The van der Waals surface area contributed by atoms with Crippen LogP contribution in [0, 0.1) is 5.92 Å². The molecule has 0 saturated carbocycles. The Morgan fingerprint density at radius 1 is 1.44 bits per heavy atom. The minimum absolute atomic E-state index is 0.0598. The maximum atomic E-state index is 11.5. The number of nitrogens with zero attached hydrogens (tertiary/aromatic N) is 1. The molecule has 0 aromatic heterocycles. The van der Waals surface area contributed by atoms with Crippen molar-refractivity contribution in [2.24, 2.45) is 5.92 Å². The van der Waals surface area contributed by atoms with Gasteiger partial charge in [0.2, 0.25) is 0 Å². The largest absolute Gasteiger partial charge is 0.375 e. The summed E-state index contributed by atoms with van der Waals surface area (Å²) in [6.45, 7) is 11.8. The fraction of sp³-hybridized carbons (Fsp3) is 0.923. The van der Waals surface area contributed by atoms with Gasteiger partial charge >= 0.3 is 0 Å². The van der Waals surface area contributed by atoms with Crippen molar-refractivity contribution in [3.63, 3.8) is 0 Å². The van der Waals surface area contributed by atoms with E-state index in [1.54, 1.807) is 0 Å². The summed E-state index contributed by atoms with van der Waals surface area (Å²) in [4.78, 5) is 13.9. The zero-order chi connectivity index (χ0) is 12.2. The van der Waals surface area contributed by atoms with Crippen LogP contribution in [-0.2, 0) is 9.53 Å². The van der Waals surface area contributed by atoms with Crippen LogP contribution in [0.3, 0.4) is 0 Å². The predicted molar refractivity (Wildman–Crippen MR) is 65.6 cm³/mol. The van der Waals surface area contributed by atoms with Crippen molar-refractivity contribution in [1.29, 1.82) is 0 Å². The number of likely N-dealkylation sites (tertiary alicyclic amines) is 1. The van der Waals surface area contributed by atoms with Crippen LogP contribution < -0.4 is 0 Å². The molecule has 1 atom stereocenters. The SMILES string of the molecule is CCC1CN(CCOC(C)(C)C)CCC1=O. The van der Waals surface area contributed by atoms with E-state index in [1.165, 1.54) is 0 Å². The smallest absolute Gasteiger partial charge is 0.138 e. The van der Waals surface area contributed by atoms with Crippen LogP contribution in [0.5, 0.6) is 0 Å². The highest BCUT2D eigenvalue weighted by Gasteiger charge is 2.25. The molecule has 1 fully saturated rings. The minimum atomic E-state index is -0.0598. The van der Waals surface area contributed by atoms with Crippen LogP contribution in [0.15, 0.2) is 0 Å². The molecule has 0 amide bonds. The average molecular weight is 227 g/mol. The van der Waals surface area contributed by atoms with Gasteiger partial charge in [0, 0.05) is 32.0 Å². The van der Waals surface area contributed by atoms with Crippen molar-refractivity contribution in [1.82, 2.24) is 4.90 Å². The Kier molecular flexibility index (Phi) is 4.93. The molecule has 1 aliphatic heterocycles. The molecule has 16 heavy (non-hydrogen) atoms. The van der Waals surface area contributed by atoms with E-state index < -0.39 is 0 Å². The van der Waals surface area contributed by atoms with Gasteiger partial charge in [-0.15, -0.1) is 0 Å². The molecule has 0 aliphatic carbocycles. The number of Topliss-reactive ketones (excluding diaryl/α,β-unsaturated/α-hetero) is 1. The van der Waals surface area contributed by atoms with E-state index in [-0.39, 0.29) is 11.5 Å². The number of hydrogen-bond donors (Lipinski definition) is 0. The van der Waals surface area contributed by atoms with E-state index in [0.717, 1.165) is 32.7 Å². The zero-order valence-corrected chi connectivity index (χ0v) is 11.1. The summed E-state index contributed by atoms with van der Waals surface area (Å²) in [6, 6.07) is 0. The van der Waals surface area contributed by atoms with Crippen LogP contribution >= 0.6 is 0 Å². The van der Waals surface area contributed by atoms with Crippen LogP contribution in [-0.4, -0.2) is 42.5 Å². The summed E-state index contributed by atoms with van der Waals surface area (Å²) in [5.74, 6) is 0.693. The molecule has 0 spiro atoms. The Bertz CT molecular complexity index is 233. The van der Waals surface area contributed by atoms with E-state index in [0.29, 0.717) is 12.2 Å². The maximum Gasteiger partial charge on any atom is 0.138 e. The van der Waals surface area contributed by atoms with Gasteiger partial charge in [0.1, 0.15) is 5.78 Å². The Morgan fingerprint density at radius 2 is 2.12 bits per heavy atom. The Hall–Kier alpha value is -0.410. The molecule has 1 aliphatic rings. The van der Waals surface area contributed by atoms with E-state index >= 15 is 0 Å². The van der Waals surface area contributed by atoms with E-state index in [2.05, 4.69) is 32.6 Å². The van der Waals surface area contributed by atoms with Gasteiger partial charge in [-0.2, -0.15) is 0 Å². The van der Waals surface area contributed by atoms with Crippen LogP contribution in [0.25, 0.3) is 0 Å². The number of ketones is 1. The molecular weight excluding hydrogens is 202 g/mol. The monoisotopic (exact) mass is 227 g/mol. The van der Waals surface area contributed by atoms with Crippen molar-refractivity contribution in [3.8, 4) is 0 Å². The normalized spacial score (nSPS) is 23.8. The molecule has 0 bridgehead atoms. The van der Waals surface area contributed by atoms with Gasteiger partial charge in [-0.05, 0) is 27.2 Å². The number of carbonyl (C=O) groups excluding carboxylic acids is 1. The summed E-state index contributed by atoms with van der Waals surface area (Å²) >= 11 is 0. The van der Waals surface area contributed by atoms with Gasteiger partial charge in [0.25, 0.3) is 0 Å². The molecule has 1 unspecified atom stereocenters. The third-order valence-corrected chi connectivity index (χ3v) is 3.04. The second-order valence-corrected chi connectivity index (χ2v) is 5.58. The molecule has 0 aromatic carbocycles.